The minimum absolute atomic E-state index is 0.134. The van der Waals surface area contributed by atoms with Gasteiger partial charge in [0.1, 0.15) is 11.9 Å². The molecule has 0 aliphatic rings. The summed E-state index contributed by atoms with van der Waals surface area (Å²) in [5.41, 5.74) is 0.134. The highest BCUT2D eigenvalue weighted by Crippen LogP contribution is 2.18. The first kappa shape index (κ1) is 15.6. The van der Waals surface area contributed by atoms with Gasteiger partial charge in [0.2, 0.25) is 0 Å². The fourth-order valence-electron chi connectivity index (χ4n) is 1.52. The molecule has 4 nitrogen and oxygen atoms in total. The van der Waals surface area contributed by atoms with E-state index >= 15 is 0 Å². The monoisotopic (exact) mass is 331 g/mol. The van der Waals surface area contributed by atoms with Crippen LogP contribution in [-0.4, -0.2) is 25.0 Å². The maximum Gasteiger partial charge on any atom is 0.328 e. The van der Waals surface area contributed by atoms with Gasteiger partial charge in [-0.2, -0.15) is 0 Å². The van der Waals surface area contributed by atoms with Crippen molar-refractivity contribution in [2.45, 2.75) is 19.9 Å². The minimum atomic E-state index is -0.771. The first-order chi connectivity index (χ1) is 8.86. The van der Waals surface area contributed by atoms with Crippen LogP contribution in [0, 0.1) is 11.7 Å². The molecule has 104 valence electrons. The van der Waals surface area contributed by atoms with Gasteiger partial charge in [-0.25, -0.2) is 9.18 Å². The largest absolute Gasteiger partial charge is 0.467 e. The highest BCUT2D eigenvalue weighted by Gasteiger charge is 2.26. The molecule has 6 heteroatoms. The third-order valence-corrected chi connectivity index (χ3v) is 3.27. The van der Waals surface area contributed by atoms with E-state index in [9.17, 15) is 14.0 Å². The molecule has 19 heavy (non-hydrogen) atoms. The second kappa shape index (κ2) is 6.65. The van der Waals surface area contributed by atoms with E-state index in [-0.39, 0.29) is 11.5 Å². The molecule has 0 saturated carbocycles. The van der Waals surface area contributed by atoms with Crippen molar-refractivity contribution < 1.29 is 18.7 Å². The predicted molar refractivity (Wildman–Crippen MR) is 72.2 cm³/mol. The minimum Gasteiger partial charge on any atom is -0.467 e. The fourth-order valence-corrected chi connectivity index (χ4v) is 1.94. The molecule has 1 atom stereocenters. The normalized spacial score (nSPS) is 12.1. The Balaban J connectivity index is 2.94. The number of benzene rings is 1. The van der Waals surface area contributed by atoms with Gasteiger partial charge < -0.3 is 10.1 Å². The van der Waals surface area contributed by atoms with Crippen LogP contribution in [0.2, 0.25) is 0 Å². The van der Waals surface area contributed by atoms with Crippen LogP contribution in [0.5, 0.6) is 0 Å². The summed E-state index contributed by atoms with van der Waals surface area (Å²) < 4.78 is 18.2. The molecule has 1 amide bonds. The van der Waals surface area contributed by atoms with E-state index in [4.69, 9.17) is 0 Å². The number of ether oxygens (including phenoxy) is 1. The molecule has 0 heterocycles. The fraction of sp³-hybridized carbons (Fsp3) is 0.385. The number of hydrogen-bond acceptors (Lipinski definition) is 3. The van der Waals surface area contributed by atoms with Gasteiger partial charge in [0.25, 0.3) is 5.91 Å². The first-order valence-electron chi connectivity index (χ1n) is 5.70. The average Bonchev–Trinajstić information content (AvgIpc) is 2.37. The quantitative estimate of drug-likeness (QED) is 0.862. The Hall–Kier alpha value is -1.43. The molecule has 1 rings (SSSR count). The number of carbonyl (C=O) groups is 2. The van der Waals surface area contributed by atoms with Crippen LogP contribution < -0.4 is 5.32 Å². The van der Waals surface area contributed by atoms with Crippen LogP contribution in [0.15, 0.2) is 22.7 Å². The molecule has 0 fully saturated rings. The van der Waals surface area contributed by atoms with Crippen LogP contribution in [0.4, 0.5) is 4.39 Å². The highest BCUT2D eigenvalue weighted by atomic mass is 79.9. The summed E-state index contributed by atoms with van der Waals surface area (Å²) in [4.78, 5) is 23.6. The number of carbonyl (C=O) groups excluding carboxylic acids is 2. The van der Waals surface area contributed by atoms with Gasteiger partial charge in [0.15, 0.2) is 0 Å². The SMILES string of the molecule is COC(=O)[C@@H](NC(=O)c1cc(F)ccc1Br)C(C)C. The molecular formula is C13H15BrFNO3. The molecule has 1 aromatic carbocycles. The third-order valence-electron chi connectivity index (χ3n) is 2.58. The van der Waals surface area contributed by atoms with Crippen molar-refractivity contribution in [2.24, 2.45) is 5.92 Å². The van der Waals surface area contributed by atoms with E-state index in [1.807, 2.05) is 0 Å². The lowest BCUT2D eigenvalue weighted by Gasteiger charge is -2.20. The Labute approximate surface area is 119 Å². The van der Waals surface area contributed by atoms with Crippen molar-refractivity contribution in [1.29, 1.82) is 0 Å². The lowest BCUT2D eigenvalue weighted by Crippen LogP contribution is -2.45. The van der Waals surface area contributed by atoms with Crippen LogP contribution in [0.3, 0.4) is 0 Å². The Morgan fingerprint density at radius 3 is 2.53 bits per heavy atom. The van der Waals surface area contributed by atoms with E-state index in [2.05, 4.69) is 26.0 Å². The van der Waals surface area contributed by atoms with Crippen molar-refractivity contribution in [3.63, 3.8) is 0 Å². The molecule has 0 bridgehead atoms. The van der Waals surface area contributed by atoms with Gasteiger partial charge in [-0.15, -0.1) is 0 Å². The second-order valence-electron chi connectivity index (χ2n) is 4.34. The van der Waals surface area contributed by atoms with Crippen molar-refractivity contribution in [3.8, 4) is 0 Å². The van der Waals surface area contributed by atoms with Crippen LogP contribution in [0.1, 0.15) is 24.2 Å². The number of hydrogen-bond donors (Lipinski definition) is 1. The Morgan fingerprint density at radius 2 is 2.00 bits per heavy atom. The Morgan fingerprint density at radius 1 is 1.37 bits per heavy atom. The van der Waals surface area contributed by atoms with Gasteiger partial charge >= 0.3 is 5.97 Å². The zero-order chi connectivity index (χ0) is 14.6. The molecule has 0 saturated heterocycles. The zero-order valence-electron chi connectivity index (χ0n) is 10.9. The van der Waals surface area contributed by atoms with Gasteiger partial charge in [-0.05, 0) is 40.0 Å². The molecule has 0 radical (unpaired) electrons. The molecule has 0 unspecified atom stereocenters. The maximum absolute atomic E-state index is 13.1. The summed E-state index contributed by atoms with van der Waals surface area (Å²) in [7, 11) is 1.25. The van der Waals surface area contributed by atoms with Crippen molar-refractivity contribution in [2.75, 3.05) is 7.11 Å². The summed E-state index contributed by atoms with van der Waals surface area (Å²) >= 11 is 3.17. The van der Waals surface area contributed by atoms with Crippen LogP contribution >= 0.6 is 15.9 Å². The number of esters is 1. The maximum atomic E-state index is 13.1. The lowest BCUT2D eigenvalue weighted by atomic mass is 10.0. The van der Waals surface area contributed by atoms with E-state index in [0.717, 1.165) is 6.07 Å². The third kappa shape index (κ3) is 4.02. The average molecular weight is 332 g/mol. The van der Waals surface area contributed by atoms with Gasteiger partial charge in [-0.1, -0.05) is 13.8 Å². The summed E-state index contributed by atoms with van der Waals surface area (Å²) in [6, 6.07) is 3.01. The standard InChI is InChI=1S/C13H15BrFNO3/c1-7(2)11(13(18)19-3)16-12(17)9-6-8(15)4-5-10(9)14/h4-7,11H,1-3H3,(H,16,17)/t11-/m0/s1. The van der Waals surface area contributed by atoms with E-state index in [1.165, 1.54) is 19.2 Å². The molecule has 0 aliphatic heterocycles. The van der Waals surface area contributed by atoms with Crippen molar-refractivity contribution >= 4 is 27.8 Å². The van der Waals surface area contributed by atoms with Gasteiger partial charge in [-0.3, -0.25) is 4.79 Å². The summed E-state index contributed by atoms with van der Waals surface area (Å²) in [6.45, 7) is 3.56. The van der Waals surface area contributed by atoms with E-state index < -0.39 is 23.7 Å². The van der Waals surface area contributed by atoms with Crippen molar-refractivity contribution in [1.82, 2.24) is 5.32 Å². The Bertz CT molecular complexity index is 491. The smallest absolute Gasteiger partial charge is 0.328 e. The molecule has 0 spiro atoms. The van der Waals surface area contributed by atoms with E-state index in [1.54, 1.807) is 13.8 Å². The van der Waals surface area contributed by atoms with E-state index in [0.29, 0.717) is 4.47 Å². The first-order valence-corrected chi connectivity index (χ1v) is 6.50. The lowest BCUT2D eigenvalue weighted by molar-refractivity contribution is -0.144. The number of halogens is 2. The second-order valence-corrected chi connectivity index (χ2v) is 5.20. The number of nitrogens with one attached hydrogen (secondary N) is 1. The number of amides is 1. The molecule has 0 aromatic heterocycles. The van der Waals surface area contributed by atoms with Crippen molar-refractivity contribution in [3.05, 3.63) is 34.1 Å². The van der Waals surface area contributed by atoms with Crippen LogP contribution in [0.25, 0.3) is 0 Å². The number of rotatable bonds is 4. The predicted octanol–water partition coefficient (Wildman–Crippen LogP) is 2.52. The highest BCUT2D eigenvalue weighted by molar-refractivity contribution is 9.10. The summed E-state index contributed by atoms with van der Waals surface area (Å²) in [5, 5.41) is 2.54. The van der Waals surface area contributed by atoms with Crippen LogP contribution in [-0.2, 0) is 9.53 Å². The molecule has 1 N–H and O–H groups in total. The topological polar surface area (TPSA) is 55.4 Å². The van der Waals surface area contributed by atoms with Gasteiger partial charge in [0, 0.05) is 4.47 Å². The molecule has 0 aliphatic carbocycles. The Kier molecular flexibility index (Phi) is 5.47. The molecule has 1 aromatic rings. The zero-order valence-corrected chi connectivity index (χ0v) is 12.5. The summed E-state index contributed by atoms with van der Waals surface area (Å²) in [6.07, 6.45) is 0. The summed E-state index contributed by atoms with van der Waals surface area (Å²) in [5.74, 6) is -1.72. The number of methoxy groups -OCH3 is 1. The van der Waals surface area contributed by atoms with Gasteiger partial charge in [0.05, 0.1) is 12.7 Å². The molecular weight excluding hydrogens is 317 g/mol.